The van der Waals surface area contributed by atoms with Crippen molar-refractivity contribution in [1.29, 1.82) is 0 Å². The summed E-state index contributed by atoms with van der Waals surface area (Å²) in [4.78, 5) is 30.5. The topological polar surface area (TPSA) is 50.3 Å². The lowest BCUT2D eigenvalue weighted by Gasteiger charge is -2.29. The van der Waals surface area contributed by atoms with E-state index in [1.165, 1.54) is 16.2 Å². The van der Waals surface area contributed by atoms with Gasteiger partial charge in [0, 0.05) is 21.2 Å². The van der Waals surface area contributed by atoms with Crippen LogP contribution in [0.15, 0.2) is 11.6 Å². The van der Waals surface area contributed by atoms with Crippen LogP contribution in [-0.4, -0.2) is 26.5 Å². The fourth-order valence-electron chi connectivity index (χ4n) is 2.61. The van der Waals surface area contributed by atoms with Crippen LogP contribution in [-0.2, 0) is 9.59 Å². The maximum Gasteiger partial charge on any atom is 0.239 e. The Morgan fingerprint density at radius 2 is 1.72 bits per heavy atom. The fourth-order valence-corrected chi connectivity index (χ4v) is 4.50. The van der Waals surface area contributed by atoms with Gasteiger partial charge in [-0.15, -0.1) is 11.3 Å². The number of carbonyl (C=O) groups excluding carboxylic acids is 2. The van der Waals surface area contributed by atoms with E-state index in [0.717, 1.165) is 0 Å². The number of alkyl halides is 2. The van der Waals surface area contributed by atoms with E-state index >= 15 is 0 Å². The summed E-state index contributed by atoms with van der Waals surface area (Å²) in [5.41, 5.74) is 0. The normalized spacial score (nSPS) is 36.0. The summed E-state index contributed by atoms with van der Waals surface area (Å²) < 4.78 is 0. The van der Waals surface area contributed by atoms with Gasteiger partial charge in [0.2, 0.25) is 11.8 Å². The summed E-state index contributed by atoms with van der Waals surface area (Å²) in [5.74, 6) is -0.577. The van der Waals surface area contributed by atoms with E-state index in [4.69, 9.17) is 0 Å². The molecule has 1 aliphatic carbocycles. The molecule has 0 N–H and O–H groups in total. The molecule has 7 heteroatoms. The van der Waals surface area contributed by atoms with Gasteiger partial charge in [0.15, 0.2) is 5.13 Å². The summed E-state index contributed by atoms with van der Waals surface area (Å²) in [6.07, 6.45) is 3.02. The van der Waals surface area contributed by atoms with Crippen LogP contribution in [0.4, 0.5) is 5.13 Å². The number of nitrogens with zero attached hydrogens (tertiary/aromatic N) is 2. The summed E-state index contributed by atoms with van der Waals surface area (Å²) in [6.45, 7) is 0. The zero-order valence-electron chi connectivity index (χ0n) is 9.25. The average Bonchev–Trinajstić information content (AvgIpc) is 2.91. The van der Waals surface area contributed by atoms with Gasteiger partial charge in [-0.2, -0.15) is 0 Å². The number of hydrogen-bond donors (Lipinski definition) is 0. The summed E-state index contributed by atoms with van der Waals surface area (Å²) in [7, 11) is 0. The minimum Gasteiger partial charge on any atom is -0.274 e. The van der Waals surface area contributed by atoms with Crippen molar-refractivity contribution in [2.24, 2.45) is 11.8 Å². The Balaban J connectivity index is 1.93. The number of anilines is 1. The first-order chi connectivity index (χ1) is 8.59. The van der Waals surface area contributed by atoms with Crippen molar-refractivity contribution < 1.29 is 9.59 Å². The van der Waals surface area contributed by atoms with E-state index in [0.29, 0.717) is 18.0 Å². The van der Waals surface area contributed by atoms with Crippen LogP contribution in [0.5, 0.6) is 0 Å². The molecule has 3 rings (SSSR count). The molecule has 0 bridgehead atoms. The van der Waals surface area contributed by atoms with Crippen LogP contribution in [0, 0.1) is 11.8 Å². The molecule has 2 aliphatic rings. The van der Waals surface area contributed by atoms with Crippen LogP contribution in [0.1, 0.15) is 12.8 Å². The van der Waals surface area contributed by atoms with Crippen molar-refractivity contribution in [2.45, 2.75) is 22.5 Å². The Labute approximate surface area is 125 Å². The van der Waals surface area contributed by atoms with E-state index in [1.54, 1.807) is 11.6 Å². The van der Waals surface area contributed by atoms with Crippen LogP contribution >= 0.6 is 43.2 Å². The highest BCUT2D eigenvalue weighted by Crippen LogP contribution is 2.44. The average molecular weight is 394 g/mol. The number of aromatic nitrogens is 1. The molecular formula is C11H10Br2N2O2S. The third-order valence-corrected chi connectivity index (χ3v) is 7.01. The first kappa shape index (κ1) is 12.7. The SMILES string of the molecule is O=C1[C@@H]2C[C@@H](Br)[C@@H](Br)C[C@H]2C(=O)N1c1nccs1. The Hall–Kier alpha value is -0.270. The fraction of sp³-hybridized carbons (Fsp3) is 0.545. The third kappa shape index (κ3) is 1.87. The minimum absolute atomic E-state index is 0.0937. The van der Waals surface area contributed by atoms with Gasteiger partial charge in [-0.1, -0.05) is 31.9 Å². The molecule has 1 saturated heterocycles. The molecule has 2 fully saturated rings. The minimum atomic E-state index is -0.195. The second-order valence-electron chi connectivity index (χ2n) is 4.54. The zero-order valence-corrected chi connectivity index (χ0v) is 13.2. The molecule has 0 unspecified atom stereocenters. The van der Waals surface area contributed by atoms with Crippen LogP contribution < -0.4 is 4.90 Å². The molecule has 1 aromatic heterocycles. The number of halogens is 2. The predicted molar refractivity (Wildman–Crippen MR) is 76.3 cm³/mol. The summed E-state index contributed by atoms with van der Waals surface area (Å²) in [6, 6.07) is 0. The highest BCUT2D eigenvalue weighted by Gasteiger charge is 2.52. The maximum atomic E-state index is 12.3. The van der Waals surface area contributed by atoms with E-state index in [9.17, 15) is 9.59 Å². The second kappa shape index (κ2) is 4.68. The zero-order chi connectivity index (χ0) is 12.9. The monoisotopic (exact) mass is 392 g/mol. The maximum absolute atomic E-state index is 12.3. The summed E-state index contributed by atoms with van der Waals surface area (Å²) in [5, 5.41) is 2.27. The molecular weight excluding hydrogens is 384 g/mol. The van der Waals surface area contributed by atoms with Gasteiger partial charge in [0.25, 0.3) is 0 Å². The van der Waals surface area contributed by atoms with Crippen molar-refractivity contribution in [1.82, 2.24) is 4.98 Å². The first-order valence-electron chi connectivity index (χ1n) is 5.65. The Kier molecular flexibility index (Phi) is 3.32. The molecule has 2 heterocycles. The molecule has 96 valence electrons. The predicted octanol–water partition coefficient (Wildman–Crippen LogP) is 2.57. The molecule has 0 spiro atoms. The highest BCUT2D eigenvalue weighted by atomic mass is 79.9. The molecule has 2 amide bonds. The Morgan fingerprint density at radius 3 is 2.17 bits per heavy atom. The standard InChI is InChI=1S/C11H10Br2N2O2S/c12-7-3-5-6(4-8(7)13)10(17)15(9(5)16)11-14-1-2-18-11/h1-2,5-8H,3-4H2/t5-,6-,7-,8+/m1/s1. The van der Waals surface area contributed by atoms with Crippen LogP contribution in [0.3, 0.4) is 0 Å². The van der Waals surface area contributed by atoms with E-state index in [-0.39, 0.29) is 33.3 Å². The molecule has 1 aliphatic heterocycles. The third-order valence-electron chi connectivity index (χ3n) is 3.52. The van der Waals surface area contributed by atoms with E-state index in [2.05, 4.69) is 36.8 Å². The van der Waals surface area contributed by atoms with Crippen molar-refractivity contribution >= 4 is 60.1 Å². The lowest BCUT2D eigenvalue weighted by atomic mass is 9.81. The van der Waals surface area contributed by atoms with Gasteiger partial charge >= 0.3 is 0 Å². The number of rotatable bonds is 1. The van der Waals surface area contributed by atoms with Gasteiger partial charge in [-0.25, -0.2) is 9.88 Å². The number of hydrogen-bond acceptors (Lipinski definition) is 4. The van der Waals surface area contributed by atoms with Crippen molar-refractivity contribution in [3.8, 4) is 0 Å². The van der Waals surface area contributed by atoms with Gasteiger partial charge in [-0.3, -0.25) is 9.59 Å². The molecule has 4 nitrogen and oxygen atoms in total. The molecule has 1 aromatic rings. The van der Waals surface area contributed by atoms with E-state index < -0.39 is 0 Å². The Bertz CT molecular complexity index is 465. The second-order valence-corrected chi connectivity index (χ2v) is 7.77. The molecule has 1 saturated carbocycles. The number of thiazole rings is 1. The Morgan fingerprint density at radius 1 is 1.17 bits per heavy atom. The van der Waals surface area contributed by atoms with Gasteiger partial charge < -0.3 is 0 Å². The van der Waals surface area contributed by atoms with Crippen molar-refractivity contribution in [2.75, 3.05) is 4.90 Å². The number of fused-ring (bicyclic) bond motifs is 1. The number of carbonyl (C=O) groups is 2. The van der Waals surface area contributed by atoms with Crippen molar-refractivity contribution in [3.05, 3.63) is 11.6 Å². The lowest BCUT2D eigenvalue weighted by Crippen LogP contribution is -2.34. The van der Waals surface area contributed by atoms with Crippen molar-refractivity contribution in [3.63, 3.8) is 0 Å². The lowest BCUT2D eigenvalue weighted by molar-refractivity contribution is -0.122. The van der Waals surface area contributed by atoms with Gasteiger partial charge in [0.05, 0.1) is 11.8 Å². The van der Waals surface area contributed by atoms with Gasteiger partial charge in [-0.05, 0) is 12.8 Å². The van der Waals surface area contributed by atoms with E-state index in [1.807, 2.05) is 0 Å². The smallest absolute Gasteiger partial charge is 0.239 e. The van der Waals surface area contributed by atoms with Crippen LogP contribution in [0.2, 0.25) is 0 Å². The quantitative estimate of drug-likeness (QED) is 0.544. The number of amides is 2. The van der Waals surface area contributed by atoms with Crippen LogP contribution in [0.25, 0.3) is 0 Å². The molecule has 0 radical (unpaired) electrons. The molecule has 4 atom stereocenters. The molecule has 0 aromatic carbocycles. The molecule has 18 heavy (non-hydrogen) atoms. The summed E-state index contributed by atoms with van der Waals surface area (Å²) >= 11 is 8.45. The largest absolute Gasteiger partial charge is 0.274 e. The first-order valence-corrected chi connectivity index (χ1v) is 8.36. The number of imide groups is 1. The van der Waals surface area contributed by atoms with Gasteiger partial charge in [0.1, 0.15) is 0 Å². The highest BCUT2D eigenvalue weighted by molar-refractivity contribution is 9.12.